The molecule has 0 fully saturated rings. The Bertz CT molecular complexity index is 786. The highest BCUT2D eigenvalue weighted by molar-refractivity contribution is 7.22. The lowest BCUT2D eigenvalue weighted by molar-refractivity contribution is 0.0526. The monoisotopic (exact) mass is 313 g/mol. The van der Waals surface area contributed by atoms with E-state index in [1.54, 1.807) is 19.2 Å². The van der Waals surface area contributed by atoms with Gasteiger partial charge in [-0.1, -0.05) is 17.4 Å². The third-order valence-corrected chi connectivity index (χ3v) is 4.04. The summed E-state index contributed by atoms with van der Waals surface area (Å²) in [6.07, 6.45) is 3.57. The molecule has 0 aliphatic carbocycles. The van der Waals surface area contributed by atoms with Crippen molar-refractivity contribution in [2.75, 3.05) is 11.9 Å². The normalized spacial score (nSPS) is 10.6. The number of rotatable bonds is 5. The van der Waals surface area contributed by atoms with Crippen LogP contribution in [0, 0.1) is 0 Å². The molecule has 0 radical (unpaired) electrons. The molecule has 0 saturated heterocycles. The van der Waals surface area contributed by atoms with Crippen LogP contribution in [0.4, 0.5) is 5.13 Å². The zero-order valence-corrected chi connectivity index (χ0v) is 12.9. The van der Waals surface area contributed by atoms with Gasteiger partial charge in [-0.05, 0) is 36.8 Å². The standard InChI is InChI=1S/C16H15N3O2S/c1-2-21-15(20)12-5-6-13-14(8-12)22-16(19-13)18-10-11-4-3-7-17-9-11/h3-9H,2,10H2,1H3,(H,18,19). The summed E-state index contributed by atoms with van der Waals surface area (Å²) < 4.78 is 5.97. The molecule has 2 aromatic heterocycles. The number of carbonyl (C=O) groups excluding carboxylic acids is 1. The highest BCUT2D eigenvalue weighted by Gasteiger charge is 2.10. The number of anilines is 1. The van der Waals surface area contributed by atoms with Crippen molar-refractivity contribution in [1.29, 1.82) is 0 Å². The zero-order valence-electron chi connectivity index (χ0n) is 12.1. The lowest BCUT2D eigenvalue weighted by Crippen LogP contribution is -2.03. The number of esters is 1. The summed E-state index contributed by atoms with van der Waals surface area (Å²) in [7, 11) is 0. The predicted octanol–water partition coefficient (Wildman–Crippen LogP) is 3.48. The van der Waals surface area contributed by atoms with Gasteiger partial charge in [0.2, 0.25) is 0 Å². The molecule has 112 valence electrons. The fourth-order valence-electron chi connectivity index (χ4n) is 2.02. The number of aromatic nitrogens is 2. The average molecular weight is 313 g/mol. The maximum absolute atomic E-state index is 11.7. The van der Waals surface area contributed by atoms with E-state index in [1.807, 2.05) is 30.5 Å². The molecule has 0 atom stereocenters. The summed E-state index contributed by atoms with van der Waals surface area (Å²) in [6, 6.07) is 9.31. The molecule has 0 aliphatic heterocycles. The van der Waals surface area contributed by atoms with Gasteiger partial charge in [0.1, 0.15) is 0 Å². The maximum atomic E-state index is 11.7. The molecule has 0 spiro atoms. The molecular weight excluding hydrogens is 298 g/mol. The van der Waals surface area contributed by atoms with Crippen molar-refractivity contribution in [3.05, 3.63) is 53.9 Å². The summed E-state index contributed by atoms with van der Waals surface area (Å²) in [6.45, 7) is 2.83. The molecule has 0 amide bonds. The minimum absolute atomic E-state index is 0.303. The number of thiazole rings is 1. The zero-order chi connectivity index (χ0) is 15.4. The first kappa shape index (κ1) is 14.5. The number of ether oxygens (including phenoxy) is 1. The van der Waals surface area contributed by atoms with Crippen molar-refractivity contribution in [2.24, 2.45) is 0 Å². The van der Waals surface area contributed by atoms with Gasteiger partial charge >= 0.3 is 5.97 Å². The second kappa shape index (κ2) is 6.53. The van der Waals surface area contributed by atoms with Crippen LogP contribution in [-0.4, -0.2) is 22.5 Å². The Morgan fingerprint density at radius 1 is 1.36 bits per heavy atom. The number of hydrogen-bond donors (Lipinski definition) is 1. The van der Waals surface area contributed by atoms with E-state index < -0.39 is 0 Å². The molecule has 1 aromatic carbocycles. The summed E-state index contributed by atoms with van der Waals surface area (Å²) in [5, 5.41) is 4.09. The van der Waals surface area contributed by atoms with E-state index in [-0.39, 0.29) is 5.97 Å². The van der Waals surface area contributed by atoms with E-state index in [9.17, 15) is 4.79 Å². The number of carbonyl (C=O) groups is 1. The molecule has 3 aromatic rings. The number of nitrogens with one attached hydrogen (secondary N) is 1. The Labute approximate surface area is 132 Å². The van der Waals surface area contributed by atoms with Crippen molar-refractivity contribution in [2.45, 2.75) is 13.5 Å². The van der Waals surface area contributed by atoms with Crippen molar-refractivity contribution >= 4 is 32.7 Å². The van der Waals surface area contributed by atoms with Crippen LogP contribution in [0.1, 0.15) is 22.8 Å². The third-order valence-electron chi connectivity index (χ3n) is 3.07. The quantitative estimate of drug-likeness (QED) is 0.731. The van der Waals surface area contributed by atoms with Gasteiger partial charge in [0.25, 0.3) is 0 Å². The van der Waals surface area contributed by atoms with E-state index in [2.05, 4.69) is 15.3 Å². The highest BCUT2D eigenvalue weighted by Crippen LogP contribution is 2.27. The van der Waals surface area contributed by atoms with Gasteiger partial charge < -0.3 is 10.1 Å². The Hall–Kier alpha value is -2.47. The molecule has 1 N–H and O–H groups in total. The van der Waals surface area contributed by atoms with Crippen LogP contribution in [0.5, 0.6) is 0 Å². The highest BCUT2D eigenvalue weighted by atomic mass is 32.1. The Morgan fingerprint density at radius 3 is 3.05 bits per heavy atom. The lowest BCUT2D eigenvalue weighted by Gasteiger charge is -2.00. The predicted molar refractivity (Wildman–Crippen MR) is 87.1 cm³/mol. The maximum Gasteiger partial charge on any atom is 0.338 e. The van der Waals surface area contributed by atoms with Gasteiger partial charge in [-0.2, -0.15) is 0 Å². The van der Waals surface area contributed by atoms with Gasteiger partial charge in [-0.3, -0.25) is 4.98 Å². The van der Waals surface area contributed by atoms with E-state index in [0.717, 1.165) is 20.9 Å². The summed E-state index contributed by atoms with van der Waals surface area (Å²) in [4.78, 5) is 20.3. The van der Waals surface area contributed by atoms with Gasteiger partial charge in [-0.25, -0.2) is 9.78 Å². The molecule has 0 unspecified atom stereocenters. The summed E-state index contributed by atoms with van der Waals surface area (Å²) in [5.74, 6) is -0.303. The fraction of sp³-hybridized carbons (Fsp3) is 0.188. The van der Waals surface area contributed by atoms with Crippen LogP contribution in [0.3, 0.4) is 0 Å². The van der Waals surface area contributed by atoms with Crippen LogP contribution in [0.2, 0.25) is 0 Å². The van der Waals surface area contributed by atoms with Crippen molar-refractivity contribution in [3.8, 4) is 0 Å². The van der Waals surface area contributed by atoms with E-state index in [0.29, 0.717) is 18.7 Å². The van der Waals surface area contributed by atoms with Gasteiger partial charge in [0.05, 0.1) is 22.4 Å². The number of pyridine rings is 1. The molecule has 6 heteroatoms. The number of benzene rings is 1. The first-order chi connectivity index (χ1) is 10.8. The van der Waals surface area contributed by atoms with Gasteiger partial charge in [-0.15, -0.1) is 0 Å². The van der Waals surface area contributed by atoms with E-state index >= 15 is 0 Å². The molecule has 3 rings (SSSR count). The van der Waals surface area contributed by atoms with E-state index in [4.69, 9.17) is 4.74 Å². The lowest BCUT2D eigenvalue weighted by atomic mass is 10.2. The third kappa shape index (κ3) is 3.23. The first-order valence-corrected chi connectivity index (χ1v) is 7.78. The van der Waals surface area contributed by atoms with Crippen LogP contribution < -0.4 is 5.32 Å². The Balaban J connectivity index is 1.76. The molecule has 22 heavy (non-hydrogen) atoms. The first-order valence-electron chi connectivity index (χ1n) is 6.97. The smallest absolute Gasteiger partial charge is 0.338 e. The van der Waals surface area contributed by atoms with E-state index in [1.165, 1.54) is 11.3 Å². The number of nitrogens with zero attached hydrogens (tertiary/aromatic N) is 2. The molecule has 5 nitrogen and oxygen atoms in total. The number of fused-ring (bicyclic) bond motifs is 1. The minimum Gasteiger partial charge on any atom is -0.462 e. The molecule has 0 saturated carbocycles. The van der Waals surface area contributed by atoms with Gasteiger partial charge in [0, 0.05) is 18.9 Å². The number of hydrogen-bond acceptors (Lipinski definition) is 6. The van der Waals surface area contributed by atoms with Crippen LogP contribution in [0.15, 0.2) is 42.7 Å². The van der Waals surface area contributed by atoms with Gasteiger partial charge in [0.15, 0.2) is 5.13 Å². The second-order valence-corrected chi connectivity index (χ2v) is 5.67. The van der Waals surface area contributed by atoms with Crippen LogP contribution >= 0.6 is 11.3 Å². The SMILES string of the molecule is CCOC(=O)c1ccc2nc(NCc3cccnc3)sc2c1. The second-order valence-electron chi connectivity index (χ2n) is 4.64. The summed E-state index contributed by atoms with van der Waals surface area (Å²) >= 11 is 1.52. The topological polar surface area (TPSA) is 64.1 Å². The summed E-state index contributed by atoms with van der Waals surface area (Å²) in [5.41, 5.74) is 2.51. The molecule has 2 heterocycles. The van der Waals surface area contributed by atoms with Crippen molar-refractivity contribution in [3.63, 3.8) is 0 Å². The Morgan fingerprint density at radius 2 is 2.27 bits per heavy atom. The van der Waals surface area contributed by atoms with Crippen molar-refractivity contribution in [1.82, 2.24) is 9.97 Å². The van der Waals surface area contributed by atoms with Crippen LogP contribution in [-0.2, 0) is 11.3 Å². The average Bonchev–Trinajstić information content (AvgIpc) is 2.96. The molecular formula is C16H15N3O2S. The largest absolute Gasteiger partial charge is 0.462 e. The minimum atomic E-state index is -0.303. The van der Waals surface area contributed by atoms with Crippen molar-refractivity contribution < 1.29 is 9.53 Å². The Kier molecular flexibility index (Phi) is 4.29. The molecule has 0 aliphatic rings. The van der Waals surface area contributed by atoms with Crippen LogP contribution in [0.25, 0.3) is 10.2 Å². The fourth-order valence-corrected chi connectivity index (χ4v) is 2.92. The molecule has 0 bridgehead atoms.